The number of halogens is 3. The highest BCUT2D eigenvalue weighted by Crippen LogP contribution is 2.44. The number of carbonyl (C=O) groups is 1. The molecule has 1 heterocycles. The second-order valence-electron chi connectivity index (χ2n) is 10.8. The molecule has 1 saturated heterocycles. The lowest BCUT2D eigenvalue weighted by Crippen LogP contribution is -2.61. The summed E-state index contributed by atoms with van der Waals surface area (Å²) >= 11 is 0. The predicted octanol–water partition coefficient (Wildman–Crippen LogP) is 8.21. The first-order chi connectivity index (χ1) is 18.0. The predicted molar refractivity (Wildman–Crippen MR) is 144 cm³/mol. The number of likely N-dealkylation sites (tertiary alicyclic amines) is 1. The summed E-state index contributed by atoms with van der Waals surface area (Å²) in [6.45, 7) is 8.66. The monoisotopic (exact) mass is 523 g/mol. The zero-order valence-electron chi connectivity index (χ0n) is 22.5. The van der Waals surface area contributed by atoms with Gasteiger partial charge in [0.15, 0.2) is 5.72 Å². The molecule has 38 heavy (non-hydrogen) atoms. The minimum absolute atomic E-state index is 0.0451. The van der Waals surface area contributed by atoms with Crippen LogP contribution < -0.4 is 4.74 Å². The summed E-state index contributed by atoms with van der Waals surface area (Å²) in [5, 5.41) is 0. The number of ether oxygens (including phenoxy) is 1. The highest BCUT2D eigenvalue weighted by atomic mass is 19.4. The number of hydrogen-bond acceptors (Lipinski definition) is 2. The lowest BCUT2D eigenvalue weighted by molar-refractivity contribution is -0.163. The molecule has 0 saturated carbocycles. The Balaban J connectivity index is 1.72. The number of piperidine rings is 1. The van der Waals surface area contributed by atoms with Crippen molar-refractivity contribution in [2.45, 2.75) is 70.7 Å². The van der Waals surface area contributed by atoms with Crippen LogP contribution in [0.2, 0.25) is 0 Å². The van der Waals surface area contributed by atoms with Gasteiger partial charge in [-0.15, -0.1) is 0 Å². The zero-order chi connectivity index (χ0) is 27.5. The lowest BCUT2D eigenvalue weighted by Gasteiger charge is -2.50. The molecule has 3 aromatic carbocycles. The molecule has 0 aliphatic carbocycles. The third-order valence-corrected chi connectivity index (χ3v) is 7.55. The average molecular weight is 524 g/mol. The van der Waals surface area contributed by atoms with Crippen LogP contribution in [-0.2, 0) is 17.4 Å². The van der Waals surface area contributed by atoms with Crippen molar-refractivity contribution in [1.82, 2.24) is 4.90 Å². The number of rotatable bonds is 7. The second kappa shape index (κ2) is 11.2. The van der Waals surface area contributed by atoms with Crippen LogP contribution in [0.1, 0.15) is 74.6 Å². The van der Waals surface area contributed by atoms with Crippen LogP contribution in [0.4, 0.5) is 13.2 Å². The molecule has 0 N–H and O–H groups in total. The average Bonchev–Trinajstić information content (AvgIpc) is 2.88. The van der Waals surface area contributed by atoms with Gasteiger partial charge < -0.3 is 9.64 Å². The molecule has 4 rings (SSSR count). The molecule has 1 aliphatic rings. The Hall–Kier alpha value is -3.28. The Labute approximate surface area is 223 Å². The number of hydrogen-bond donors (Lipinski definition) is 0. The summed E-state index contributed by atoms with van der Waals surface area (Å²) in [7, 11) is 0. The second-order valence-corrected chi connectivity index (χ2v) is 10.8. The van der Waals surface area contributed by atoms with Gasteiger partial charge in [-0.1, -0.05) is 68.4 Å². The van der Waals surface area contributed by atoms with E-state index in [2.05, 4.69) is 19.9 Å². The lowest BCUT2D eigenvalue weighted by atomic mass is 9.80. The van der Waals surface area contributed by atoms with Gasteiger partial charge in [0.05, 0.1) is 11.5 Å². The Morgan fingerprint density at radius 3 is 2.24 bits per heavy atom. The van der Waals surface area contributed by atoms with E-state index in [9.17, 15) is 18.0 Å². The third-order valence-electron chi connectivity index (χ3n) is 7.55. The molecule has 6 heteroatoms. The molecular weight excluding hydrogens is 487 g/mol. The van der Waals surface area contributed by atoms with Crippen molar-refractivity contribution >= 4 is 5.91 Å². The van der Waals surface area contributed by atoms with Crippen molar-refractivity contribution in [2.75, 3.05) is 6.54 Å². The van der Waals surface area contributed by atoms with Gasteiger partial charge in [-0.05, 0) is 80.0 Å². The summed E-state index contributed by atoms with van der Waals surface area (Å²) in [5.41, 5.74) is 1.38. The number of amides is 1. The molecule has 3 aromatic rings. The van der Waals surface area contributed by atoms with Crippen molar-refractivity contribution in [3.8, 4) is 5.75 Å². The molecule has 1 unspecified atom stereocenters. The van der Waals surface area contributed by atoms with Crippen molar-refractivity contribution < 1.29 is 22.7 Å². The molecule has 0 bridgehead atoms. The molecule has 3 nitrogen and oxygen atoms in total. The van der Waals surface area contributed by atoms with Crippen molar-refractivity contribution in [1.29, 1.82) is 0 Å². The molecular formula is C32H36F3NO2. The Morgan fingerprint density at radius 2 is 1.61 bits per heavy atom. The molecule has 0 spiro atoms. The highest BCUT2D eigenvalue weighted by molar-refractivity contribution is 5.84. The van der Waals surface area contributed by atoms with Gasteiger partial charge in [0.1, 0.15) is 5.75 Å². The smallest absolute Gasteiger partial charge is 0.416 e. The summed E-state index contributed by atoms with van der Waals surface area (Å²) in [6, 6.07) is 22.7. The van der Waals surface area contributed by atoms with Crippen LogP contribution in [0.15, 0.2) is 78.9 Å². The van der Waals surface area contributed by atoms with E-state index < -0.39 is 23.4 Å². The molecule has 1 amide bonds. The molecule has 0 radical (unpaired) electrons. The van der Waals surface area contributed by atoms with Gasteiger partial charge in [0.2, 0.25) is 5.91 Å². The van der Waals surface area contributed by atoms with Gasteiger partial charge in [-0.2, -0.15) is 13.2 Å². The maximum Gasteiger partial charge on any atom is 0.416 e. The van der Waals surface area contributed by atoms with Crippen LogP contribution in [-0.4, -0.2) is 23.1 Å². The fourth-order valence-electron chi connectivity index (χ4n) is 5.65. The maximum absolute atomic E-state index is 14.2. The van der Waals surface area contributed by atoms with Crippen molar-refractivity contribution in [3.63, 3.8) is 0 Å². The quantitative estimate of drug-likeness (QED) is 0.312. The topological polar surface area (TPSA) is 29.5 Å². The first kappa shape index (κ1) is 27.7. The van der Waals surface area contributed by atoms with Crippen LogP contribution in [0, 0.1) is 5.92 Å². The van der Waals surface area contributed by atoms with Crippen LogP contribution in [0.3, 0.4) is 0 Å². The summed E-state index contributed by atoms with van der Waals surface area (Å²) in [4.78, 5) is 16.0. The zero-order valence-corrected chi connectivity index (χ0v) is 22.5. The Bertz CT molecular complexity index is 1220. The molecule has 1 fully saturated rings. The van der Waals surface area contributed by atoms with Crippen LogP contribution >= 0.6 is 0 Å². The molecule has 202 valence electrons. The van der Waals surface area contributed by atoms with E-state index in [0.717, 1.165) is 48.1 Å². The number of alkyl halides is 3. The SMILES string of the molecule is CC(C)Cc1ccccc1C(C)C(=O)N1CCC[C@@H](c2ccccc2)[C@]1(C)Oc1ccc(C(F)(F)F)cc1. The van der Waals surface area contributed by atoms with E-state index in [1.807, 2.05) is 67.3 Å². The highest BCUT2D eigenvalue weighted by Gasteiger charge is 2.49. The summed E-state index contributed by atoms with van der Waals surface area (Å²) in [5.74, 6) is 0.159. The van der Waals surface area contributed by atoms with E-state index in [0.29, 0.717) is 18.2 Å². The standard InChI is InChI=1S/C32H36F3NO2/c1-22(2)21-25-13-8-9-14-28(25)23(3)30(37)36-20-10-15-29(24-11-6-5-7-12-24)31(36,4)38-27-18-16-26(17-19-27)32(33,34)35/h5-9,11-14,16-19,22-23,29H,10,15,20-21H2,1-4H3/t23?,29-,31-/m0/s1. The van der Waals surface area contributed by atoms with E-state index in [1.54, 1.807) is 0 Å². The Kier molecular flexibility index (Phi) is 8.19. The molecule has 1 aliphatic heterocycles. The summed E-state index contributed by atoms with van der Waals surface area (Å²) < 4.78 is 46.0. The van der Waals surface area contributed by atoms with Gasteiger partial charge in [0.25, 0.3) is 0 Å². The Morgan fingerprint density at radius 1 is 0.974 bits per heavy atom. The third kappa shape index (κ3) is 5.90. The minimum atomic E-state index is -4.43. The van der Waals surface area contributed by atoms with Gasteiger partial charge >= 0.3 is 6.18 Å². The number of carbonyl (C=O) groups excluding carboxylic acids is 1. The van der Waals surface area contributed by atoms with E-state index >= 15 is 0 Å². The van der Waals surface area contributed by atoms with Crippen LogP contribution in [0.25, 0.3) is 0 Å². The fourth-order valence-corrected chi connectivity index (χ4v) is 5.65. The van der Waals surface area contributed by atoms with E-state index in [1.165, 1.54) is 12.1 Å². The van der Waals surface area contributed by atoms with Crippen molar-refractivity contribution in [2.24, 2.45) is 5.92 Å². The largest absolute Gasteiger partial charge is 0.468 e. The van der Waals surface area contributed by atoms with E-state index in [-0.39, 0.29) is 11.8 Å². The fraction of sp³-hybridized carbons (Fsp3) is 0.406. The first-order valence-corrected chi connectivity index (χ1v) is 13.3. The number of benzene rings is 3. The van der Waals surface area contributed by atoms with Crippen LogP contribution in [0.5, 0.6) is 5.75 Å². The normalized spacial score (nSPS) is 20.8. The summed E-state index contributed by atoms with van der Waals surface area (Å²) in [6.07, 6.45) is -1.96. The van der Waals surface area contributed by atoms with Gasteiger partial charge in [-0.3, -0.25) is 4.79 Å². The van der Waals surface area contributed by atoms with E-state index in [4.69, 9.17) is 4.74 Å². The molecule has 0 aromatic heterocycles. The number of nitrogens with zero attached hydrogens (tertiary/aromatic N) is 1. The molecule has 3 atom stereocenters. The van der Waals surface area contributed by atoms with Crippen molar-refractivity contribution in [3.05, 3.63) is 101 Å². The van der Waals surface area contributed by atoms with Gasteiger partial charge in [-0.25, -0.2) is 0 Å². The van der Waals surface area contributed by atoms with Gasteiger partial charge in [0, 0.05) is 12.5 Å². The maximum atomic E-state index is 14.2. The minimum Gasteiger partial charge on any atom is -0.468 e. The first-order valence-electron chi connectivity index (χ1n) is 13.3.